The standard InChI is InChI=1S/C15H23NO/c1-2-13-7-3-4-8-14(13)17-12-15(11-16)9-5-6-10-15/h3-4,7-8H,2,5-6,9-12,16H2,1H3. The molecule has 1 saturated carbocycles. The molecule has 0 heterocycles. The molecule has 0 bridgehead atoms. The van der Waals surface area contributed by atoms with Crippen molar-refractivity contribution in [3.05, 3.63) is 29.8 Å². The summed E-state index contributed by atoms with van der Waals surface area (Å²) in [5.41, 5.74) is 7.45. The molecular weight excluding hydrogens is 210 g/mol. The Balaban J connectivity index is 2.01. The minimum Gasteiger partial charge on any atom is -0.493 e. The quantitative estimate of drug-likeness (QED) is 0.848. The summed E-state index contributed by atoms with van der Waals surface area (Å²) in [4.78, 5) is 0. The number of aryl methyl sites for hydroxylation is 1. The van der Waals surface area contributed by atoms with Crippen molar-refractivity contribution >= 4 is 0 Å². The van der Waals surface area contributed by atoms with E-state index in [1.54, 1.807) is 0 Å². The molecule has 0 aliphatic heterocycles. The Morgan fingerprint density at radius 1 is 1.24 bits per heavy atom. The molecule has 2 rings (SSSR count). The summed E-state index contributed by atoms with van der Waals surface area (Å²) in [6.45, 7) is 3.69. The fraction of sp³-hybridized carbons (Fsp3) is 0.600. The largest absolute Gasteiger partial charge is 0.493 e. The van der Waals surface area contributed by atoms with Gasteiger partial charge in [-0.1, -0.05) is 38.0 Å². The van der Waals surface area contributed by atoms with Crippen molar-refractivity contribution in [3.63, 3.8) is 0 Å². The normalized spacial score (nSPS) is 18.2. The van der Waals surface area contributed by atoms with Gasteiger partial charge in [-0.05, 0) is 30.9 Å². The number of nitrogens with two attached hydrogens (primary N) is 1. The third-order valence-corrected chi connectivity index (χ3v) is 3.98. The first-order valence-corrected chi connectivity index (χ1v) is 6.70. The topological polar surface area (TPSA) is 35.2 Å². The van der Waals surface area contributed by atoms with Crippen molar-refractivity contribution in [2.24, 2.45) is 11.1 Å². The molecule has 1 aliphatic rings. The van der Waals surface area contributed by atoms with Gasteiger partial charge in [0.15, 0.2) is 0 Å². The second-order valence-corrected chi connectivity index (χ2v) is 5.16. The maximum atomic E-state index is 6.03. The molecular formula is C15H23NO. The minimum atomic E-state index is 0.237. The van der Waals surface area contributed by atoms with E-state index in [-0.39, 0.29) is 5.41 Å². The lowest BCUT2D eigenvalue weighted by atomic mass is 9.87. The summed E-state index contributed by atoms with van der Waals surface area (Å²) < 4.78 is 6.03. The summed E-state index contributed by atoms with van der Waals surface area (Å²) in [6, 6.07) is 8.31. The number of rotatable bonds is 5. The van der Waals surface area contributed by atoms with Crippen LogP contribution in [0.25, 0.3) is 0 Å². The molecule has 0 radical (unpaired) electrons. The third-order valence-electron chi connectivity index (χ3n) is 3.98. The van der Waals surface area contributed by atoms with E-state index in [1.165, 1.54) is 31.2 Å². The highest BCUT2D eigenvalue weighted by Gasteiger charge is 2.33. The fourth-order valence-electron chi connectivity index (χ4n) is 2.70. The van der Waals surface area contributed by atoms with Gasteiger partial charge in [-0.2, -0.15) is 0 Å². The average molecular weight is 233 g/mol. The average Bonchev–Trinajstić information content (AvgIpc) is 2.86. The summed E-state index contributed by atoms with van der Waals surface area (Å²) in [5, 5.41) is 0. The van der Waals surface area contributed by atoms with Crippen LogP contribution in [-0.4, -0.2) is 13.2 Å². The molecule has 2 N–H and O–H groups in total. The van der Waals surface area contributed by atoms with Crippen LogP contribution in [0.5, 0.6) is 5.75 Å². The van der Waals surface area contributed by atoms with Gasteiger partial charge in [0.25, 0.3) is 0 Å². The molecule has 94 valence electrons. The molecule has 0 aromatic heterocycles. The van der Waals surface area contributed by atoms with Crippen LogP contribution in [0.2, 0.25) is 0 Å². The number of benzene rings is 1. The second-order valence-electron chi connectivity index (χ2n) is 5.16. The zero-order valence-corrected chi connectivity index (χ0v) is 10.7. The molecule has 0 saturated heterocycles. The van der Waals surface area contributed by atoms with Gasteiger partial charge in [0.2, 0.25) is 0 Å². The molecule has 0 amide bonds. The van der Waals surface area contributed by atoms with Crippen molar-refractivity contribution in [2.75, 3.05) is 13.2 Å². The van der Waals surface area contributed by atoms with E-state index >= 15 is 0 Å². The monoisotopic (exact) mass is 233 g/mol. The lowest BCUT2D eigenvalue weighted by Crippen LogP contribution is -2.33. The van der Waals surface area contributed by atoms with Crippen LogP contribution in [0.4, 0.5) is 0 Å². The van der Waals surface area contributed by atoms with Crippen LogP contribution in [0.15, 0.2) is 24.3 Å². The highest BCUT2D eigenvalue weighted by atomic mass is 16.5. The summed E-state index contributed by atoms with van der Waals surface area (Å²) in [7, 11) is 0. The van der Waals surface area contributed by atoms with Crippen LogP contribution in [0.1, 0.15) is 38.2 Å². The van der Waals surface area contributed by atoms with Crippen molar-refractivity contribution in [1.29, 1.82) is 0 Å². The van der Waals surface area contributed by atoms with Crippen LogP contribution < -0.4 is 10.5 Å². The first-order valence-electron chi connectivity index (χ1n) is 6.70. The molecule has 1 aromatic carbocycles. The predicted octanol–water partition coefficient (Wildman–Crippen LogP) is 3.15. The highest BCUT2D eigenvalue weighted by Crippen LogP contribution is 2.37. The number of para-hydroxylation sites is 1. The molecule has 0 unspecified atom stereocenters. The van der Waals surface area contributed by atoms with E-state index in [0.29, 0.717) is 0 Å². The summed E-state index contributed by atoms with van der Waals surface area (Å²) in [5.74, 6) is 1.04. The van der Waals surface area contributed by atoms with Gasteiger partial charge in [0.1, 0.15) is 5.75 Å². The van der Waals surface area contributed by atoms with E-state index in [9.17, 15) is 0 Å². The number of ether oxygens (including phenoxy) is 1. The minimum absolute atomic E-state index is 0.237. The van der Waals surface area contributed by atoms with Crippen molar-refractivity contribution in [1.82, 2.24) is 0 Å². The first-order chi connectivity index (χ1) is 8.29. The third kappa shape index (κ3) is 2.81. The molecule has 2 heteroatoms. The Morgan fingerprint density at radius 3 is 2.59 bits per heavy atom. The Bertz CT molecular complexity index is 356. The lowest BCUT2D eigenvalue weighted by molar-refractivity contribution is 0.156. The van der Waals surface area contributed by atoms with Gasteiger partial charge >= 0.3 is 0 Å². The second kappa shape index (κ2) is 5.54. The highest BCUT2D eigenvalue weighted by molar-refractivity contribution is 5.33. The fourth-order valence-corrected chi connectivity index (χ4v) is 2.70. The lowest BCUT2D eigenvalue weighted by Gasteiger charge is -2.27. The summed E-state index contributed by atoms with van der Waals surface area (Å²) in [6.07, 6.45) is 6.06. The van der Waals surface area contributed by atoms with E-state index in [0.717, 1.165) is 25.3 Å². The van der Waals surface area contributed by atoms with E-state index in [4.69, 9.17) is 10.5 Å². The molecule has 1 aliphatic carbocycles. The molecule has 1 aromatic rings. The van der Waals surface area contributed by atoms with Gasteiger partial charge in [0.05, 0.1) is 6.61 Å². The number of hydrogen-bond acceptors (Lipinski definition) is 2. The van der Waals surface area contributed by atoms with Gasteiger partial charge in [-0.15, -0.1) is 0 Å². The summed E-state index contributed by atoms with van der Waals surface area (Å²) >= 11 is 0. The van der Waals surface area contributed by atoms with E-state index in [1.807, 2.05) is 6.07 Å². The zero-order valence-electron chi connectivity index (χ0n) is 10.7. The SMILES string of the molecule is CCc1ccccc1OCC1(CN)CCCC1. The van der Waals surface area contributed by atoms with Crippen molar-refractivity contribution in [2.45, 2.75) is 39.0 Å². The van der Waals surface area contributed by atoms with Crippen LogP contribution in [-0.2, 0) is 6.42 Å². The Hall–Kier alpha value is -1.02. The van der Waals surface area contributed by atoms with Gasteiger partial charge in [0, 0.05) is 12.0 Å². The van der Waals surface area contributed by atoms with Gasteiger partial charge < -0.3 is 10.5 Å². The van der Waals surface area contributed by atoms with E-state index < -0.39 is 0 Å². The van der Waals surface area contributed by atoms with Crippen molar-refractivity contribution < 1.29 is 4.74 Å². The molecule has 2 nitrogen and oxygen atoms in total. The molecule has 0 atom stereocenters. The zero-order chi connectivity index (χ0) is 12.1. The van der Waals surface area contributed by atoms with Gasteiger partial charge in [-0.25, -0.2) is 0 Å². The van der Waals surface area contributed by atoms with Crippen LogP contribution in [0, 0.1) is 5.41 Å². The predicted molar refractivity (Wildman–Crippen MR) is 71.3 cm³/mol. The molecule has 0 spiro atoms. The van der Waals surface area contributed by atoms with Crippen molar-refractivity contribution in [3.8, 4) is 5.75 Å². The molecule has 1 fully saturated rings. The van der Waals surface area contributed by atoms with E-state index in [2.05, 4.69) is 25.1 Å². The van der Waals surface area contributed by atoms with Crippen LogP contribution >= 0.6 is 0 Å². The Labute approximate surface area is 104 Å². The van der Waals surface area contributed by atoms with Crippen LogP contribution in [0.3, 0.4) is 0 Å². The first kappa shape index (κ1) is 12.4. The van der Waals surface area contributed by atoms with Gasteiger partial charge in [-0.3, -0.25) is 0 Å². The maximum Gasteiger partial charge on any atom is 0.122 e. The maximum absolute atomic E-state index is 6.03. The Kier molecular flexibility index (Phi) is 4.06. The molecule has 17 heavy (non-hydrogen) atoms. The number of hydrogen-bond donors (Lipinski definition) is 1. The Morgan fingerprint density at radius 2 is 1.94 bits per heavy atom. The smallest absolute Gasteiger partial charge is 0.122 e.